The summed E-state index contributed by atoms with van der Waals surface area (Å²) in [4.78, 5) is 23.0. The molecule has 0 radical (unpaired) electrons. The maximum absolute atomic E-state index is 11.6. The van der Waals surface area contributed by atoms with Crippen molar-refractivity contribution in [1.29, 1.82) is 0 Å². The molecule has 1 aromatic carbocycles. The third-order valence-electron chi connectivity index (χ3n) is 3.22. The third kappa shape index (κ3) is 7.88. The summed E-state index contributed by atoms with van der Waals surface area (Å²) >= 11 is 5.95. The largest absolute Gasteiger partial charge is 0.494 e. The van der Waals surface area contributed by atoms with E-state index in [1.807, 2.05) is 32.9 Å². The highest BCUT2D eigenvalue weighted by Gasteiger charge is 2.06. The van der Waals surface area contributed by atoms with Crippen LogP contribution in [0.25, 0.3) is 0 Å². The molecule has 128 valence electrons. The second-order valence-electron chi connectivity index (χ2n) is 5.66. The number of halogens is 1. The molecule has 0 fully saturated rings. The number of carbonyl (C=O) groups excluding carboxylic acids is 2. The predicted molar refractivity (Wildman–Crippen MR) is 91.8 cm³/mol. The van der Waals surface area contributed by atoms with Crippen LogP contribution in [-0.2, 0) is 9.59 Å². The first-order valence-corrected chi connectivity index (χ1v) is 8.21. The topological polar surface area (TPSA) is 67.4 Å². The SMILES string of the molecule is Cc1cc(OCCCC(=O)NCCNC(=O)C(C)C)ccc1Cl. The fraction of sp³-hybridized carbons (Fsp3) is 0.529. The Morgan fingerprint density at radius 1 is 1.22 bits per heavy atom. The van der Waals surface area contributed by atoms with Crippen LogP contribution in [-0.4, -0.2) is 31.5 Å². The highest BCUT2D eigenvalue weighted by atomic mass is 35.5. The molecule has 0 atom stereocenters. The lowest BCUT2D eigenvalue weighted by atomic mass is 10.2. The molecule has 2 N–H and O–H groups in total. The normalized spacial score (nSPS) is 10.5. The van der Waals surface area contributed by atoms with Gasteiger partial charge in [-0.25, -0.2) is 0 Å². The number of hydrogen-bond acceptors (Lipinski definition) is 3. The van der Waals surface area contributed by atoms with E-state index in [1.54, 1.807) is 6.07 Å². The Morgan fingerprint density at radius 2 is 1.91 bits per heavy atom. The van der Waals surface area contributed by atoms with Crippen LogP contribution < -0.4 is 15.4 Å². The second-order valence-corrected chi connectivity index (χ2v) is 6.07. The fourth-order valence-corrected chi connectivity index (χ4v) is 1.93. The van der Waals surface area contributed by atoms with E-state index in [0.29, 0.717) is 37.6 Å². The molecule has 0 aromatic heterocycles. The van der Waals surface area contributed by atoms with Gasteiger partial charge < -0.3 is 15.4 Å². The second kappa shape index (κ2) is 10.1. The zero-order valence-corrected chi connectivity index (χ0v) is 14.7. The van der Waals surface area contributed by atoms with E-state index in [4.69, 9.17) is 16.3 Å². The lowest BCUT2D eigenvalue weighted by Gasteiger charge is -2.09. The maximum Gasteiger partial charge on any atom is 0.222 e. The summed E-state index contributed by atoms with van der Waals surface area (Å²) in [5, 5.41) is 6.22. The van der Waals surface area contributed by atoms with Crippen LogP contribution in [0.2, 0.25) is 5.02 Å². The minimum atomic E-state index is -0.0423. The van der Waals surface area contributed by atoms with Crippen molar-refractivity contribution >= 4 is 23.4 Å². The van der Waals surface area contributed by atoms with E-state index in [9.17, 15) is 9.59 Å². The molecule has 0 bridgehead atoms. The van der Waals surface area contributed by atoms with Crippen molar-refractivity contribution in [1.82, 2.24) is 10.6 Å². The number of nitrogens with one attached hydrogen (secondary N) is 2. The Balaban J connectivity index is 2.10. The first-order valence-electron chi connectivity index (χ1n) is 7.83. The third-order valence-corrected chi connectivity index (χ3v) is 3.64. The van der Waals surface area contributed by atoms with Gasteiger partial charge in [-0.3, -0.25) is 9.59 Å². The number of benzene rings is 1. The average molecular weight is 341 g/mol. The number of carbonyl (C=O) groups is 2. The molecule has 1 aromatic rings. The Labute approximate surface area is 142 Å². The summed E-state index contributed by atoms with van der Waals surface area (Å²) < 4.78 is 5.58. The summed E-state index contributed by atoms with van der Waals surface area (Å²) in [5.41, 5.74) is 0.963. The fourth-order valence-electron chi connectivity index (χ4n) is 1.81. The van der Waals surface area contributed by atoms with Gasteiger partial charge in [-0.15, -0.1) is 0 Å². The van der Waals surface area contributed by atoms with Crippen molar-refractivity contribution in [3.63, 3.8) is 0 Å². The molecule has 0 heterocycles. The lowest BCUT2D eigenvalue weighted by molar-refractivity contribution is -0.124. The average Bonchev–Trinajstić information content (AvgIpc) is 2.51. The molecule has 0 saturated carbocycles. The molecule has 0 spiro atoms. The van der Waals surface area contributed by atoms with Gasteiger partial charge in [-0.2, -0.15) is 0 Å². The smallest absolute Gasteiger partial charge is 0.222 e. The van der Waals surface area contributed by atoms with Gasteiger partial charge in [0, 0.05) is 30.5 Å². The van der Waals surface area contributed by atoms with E-state index in [2.05, 4.69) is 10.6 Å². The standard InChI is InChI=1S/C17H25ClN2O3/c1-12(2)17(22)20-9-8-19-16(21)5-4-10-23-14-6-7-15(18)13(3)11-14/h6-7,11-12H,4-5,8-10H2,1-3H3,(H,19,21)(H,20,22). The Bertz CT molecular complexity index is 533. The van der Waals surface area contributed by atoms with E-state index in [0.717, 1.165) is 11.3 Å². The monoisotopic (exact) mass is 340 g/mol. The number of aryl methyl sites for hydroxylation is 1. The quantitative estimate of drug-likeness (QED) is 0.679. The van der Waals surface area contributed by atoms with Crippen molar-refractivity contribution in [3.8, 4) is 5.75 Å². The predicted octanol–water partition coefficient (Wildman–Crippen LogP) is 2.70. The molecule has 0 aliphatic heterocycles. The summed E-state index contributed by atoms with van der Waals surface area (Å²) in [6, 6.07) is 5.48. The zero-order chi connectivity index (χ0) is 17.2. The highest BCUT2D eigenvalue weighted by Crippen LogP contribution is 2.21. The molecule has 0 aliphatic carbocycles. The van der Waals surface area contributed by atoms with E-state index in [1.165, 1.54) is 0 Å². The minimum absolute atomic E-state index is 0.00842. The van der Waals surface area contributed by atoms with Crippen LogP contribution in [0, 0.1) is 12.8 Å². The van der Waals surface area contributed by atoms with Crippen molar-refractivity contribution in [2.75, 3.05) is 19.7 Å². The molecule has 0 saturated heterocycles. The molecule has 5 nitrogen and oxygen atoms in total. The van der Waals surface area contributed by atoms with Gasteiger partial charge >= 0.3 is 0 Å². The van der Waals surface area contributed by atoms with Gasteiger partial charge in [0.05, 0.1) is 6.61 Å². The number of amides is 2. The van der Waals surface area contributed by atoms with Crippen LogP contribution in [0.15, 0.2) is 18.2 Å². The maximum atomic E-state index is 11.6. The number of ether oxygens (including phenoxy) is 1. The Kier molecular flexibility index (Phi) is 8.48. The highest BCUT2D eigenvalue weighted by molar-refractivity contribution is 6.31. The Morgan fingerprint density at radius 3 is 2.57 bits per heavy atom. The molecule has 23 heavy (non-hydrogen) atoms. The van der Waals surface area contributed by atoms with Gasteiger partial charge in [-0.1, -0.05) is 25.4 Å². The van der Waals surface area contributed by atoms with E-state index >= 15 is 0 Å². The van der Waals surface area contributed by atoms with Gasteiger partial charge in [0.1, 0.15) is 5.75 Å². The van der Waals surface area contributed by atoms with Gasteiger partial charge in [0.15, 0.2) is 0 Å². The molecule has 1 rings (SSSR count). The zero-order valence-electron chi connectivity index (χ0n) is 13.9. The molecular formula is C17H25ClN2O3. The van der Waals surface area contributed by atoms with Crippen LogP contribution in [0.4, 0.5) is 0 Å². The van der Waals surface area contributed by atoms with Crippen LogP contribution >= 0.6 is 11.6 Å². The molecule has 0 aliphatic rings. The number of rotatable bonds is 9. The first-order chi connectivity index (χ1) is 10.9. The summed E-state index contributed by atoms with van der Waals surface area (Å²) in [6.07, 6.45) is 1.02. The molecule has 0 unspecified atom stereocenters. The van der Waals surface area contributed by atoms with Crippen molar-refractivity contribution < 1.29 is 14.3 Å². The van der Waals surface area contributed by atoms with E-state index in [-0.39, 0.29) is 17.7 Å². The molecular weight excluding hydrogens is 316 g/mol. The van der Waals surface area contributed by atoms with Crippen molar-refractivity contribution in [2.24, 2.45) is 5.92 Å². The summed E-state index contributed by atoms with van der Waals surface area (Å²) in [7, 11) is 0. The minimum Gasteiger partial charge on any atom is -0.494 e. The summed E-state index contributed by atoms with van der Waals surface area (Å²) in [5.74, 6) is 0.661. The number of hydrogen-bond donors (Lipinski definition) is 2. The molecule has 2 amide bonds. The first kappa shape index (κ1) is 19.3. The van der Waals surface area contributed by atoms with E-state index < -0.39 is 0 Å². The van der Waals surface area contributed by atoms with Crippen molar-refractivity contribution in [3.05, 3.63) is 28.8 Å². The van der Waals surface area contributed by atoms with Crippen LogP contribution in [0.3, 0.4) is 0 Å². The summed E-state index contributed by atoms with van der Waals surface area (Å²) in [6.45, 7) is 6.93. The van der Waals surface area contributed by atoms with Crippen molar-refractivity contribution in [2.45, 2.75) is 33.6 Å². The molecule has 6 heteroatoms. The van der Waals surface area contributed by atoms with Gasteiger partial charge in [0.25, 0.3) is 0 Å². The van der Waals surface area contributed by atoms with Crippen LogP contribution in [0.5, 0.6) is 5.75 Å². The lowest BCUT2D eigenvalue weighted by Crippen LogP contribution is -2.36. The van der Waals surface area contributed by atoms with Gasteiger partial charge in [0.2, 0.25) is 11.8 Å². The van der Waals surface area contributed by atoms with Gasteiger partial charge in [-0.05, 0) is 37.1 Å². The Hall–Kier alpha value is -1.75. The van der Waals surface area contributed by atoms with Crippen LogP contribution in [0.1, 0.15) is 32.3 Å².